The van der Waals surface area contributed by atoms with Gasteiger partial charge in [-0.25, -0.2) is 0 Å². The van der Waals surface area contributed by atoms with E-state index in [0.29, 0.717) is 18.5 Å². The Labute approximate surface area is 152 Å². The fourth-order valence-corrected chi connectivity index (χ4v) is 3.95. The summed E-state index contributed by atoms with van der Waals surface area (Å²) in [6.07, 6.45) is 3.88. The van der Waals surface area contributed by atoms with Crippen LogP contribution in [0.25, 0.3) is 0 Å². The number of likely N-dealkylation sites (tertiary alicyclic amines) is 1. The molecule has 1 aromatic rings. The highest BCUT2D eigenvalue weighted by molar-refractivity contribution is 5.76. The Hall–Kier alpha value is -1.59. The Morgan fingerprint density at radius 3 is 2.52 bits per heavy atom. The first kappa shape index (κ1) is 18.2. The van der Waals surface area contributed by atoms with E-state index in [1.165, 1.54) is 18.7 Å². The highest BCUT2D eigenvalue weighted by Gasteiger charge is 2.24. The summed E-state index contributed by atoms with van der Waals surface area (Å²) < 4.78 is 0. The van der Waals surface area contributed by atoms with Crippen molar-refractivity contribution in [3.8, 4) is 0 Å². The molecule has 0 aliphatic carbocycles. The number of amides is 1. The van der Waals surface area contributed by atoms with Gasteiger partial charge in [0, 0.05) is 50.4 Å². The van der Waals surface area contributed by atoms with E-state index in [1.807, 2.05) is 0 Å². The summed E-state index contributed by atoms with van der Waals surface area (Å²) in [6.45, 7) is 5.18. The Kier molecular flexibility index (Phi) is 6.32. The number of nitrogens with zero attached hydrogens (tertiary/aromatic N) is 3. The zero-order chi connectivity index (χ0) is 17.6. The lowest BCUT2D eigenvalue weighted by Gasteiger charge is -2.34. The van der Waals surface area contributed by atoms with E-state index in [1.54, 1.807) is 0 Å². The molecule has 1 unspecified atom stereocenters. The van der Waals surface area contributed by atoms with Gasteiger partial charge in [0.25, 0.3) is 0 Å². The molecule has 1 aromatic carbocycles. The molecule has 0 bridgehead atoms. The number of anilines is 1. The highest BCUT2D eigenvalue weighted by Crippen LogP contribution is 2.19. The van der Waals surface area contributed by atoms with Crippen molar-refractivity contribution in [1.82, 2.24) is 15.1 Å². The lowest BCUT2D eigenvalue weighted by molar-refractivity contribution is -0.122. The van der Waals surface area contributed by atoms with Crippen LogP contribution in [-0.4, -0.2) is 74.6 Å². The molecule has 1 atom stereocenters. The molecular weight excluding hydrogens is 312 g/mol. The number of rotatable bonds is 6. The standard InChI is InChI=1S/C20H32N4O/c1-22-12-10-19(16-22)23(2)13-11-20(25)21-17-8-14-24(15-9-17)18-6-4-3-5-7-18/h3-7,17,19H,8-16H2,1-2H3,(H,21,25). The van der Waals surface area contributed by atoms with Crippen molar-refractivity contribution in [3.05, 3.63) is 30.3 Å². The minimum absolute atomic E-state index is 0.205. The third-order valence-electron chi connectivity index (χ3n) is 5.66. The summed E-state index contributed by atoms with van der Waals surface area (Å²) in [7, 11) is 4.32. The summed E-state index contributed by atoms with van der Waals surface area (Å²) in [6, 6.07) is 11.5. The summed E-state index contributed by atoms with van der Waals surface area (Å²) in [4.78, 5) is 19.4. The highest BCUT2D eigenvalue weighted by atomic mass is 16.1. The maximum Gasteiger partial charge on any atom is 0.221 e. The average Bonchev–Trinajstić information content (AvgIpc) is 3.08. The molecule has 0 spiro atoms. The molecule has 2 saturated heterocycles. The third-order valence-corrected chi connectivity index (χ3v) is 5.66. The van der Waals surface area contributed by atoms with Crippen LogP contribution < -0.4 is 10.2 Å². The van der Waals surface area contributed by atoms with Crippen LogP contribution in [0.15, 0.2) is 30.3 Å². The minimum atomic E-state index is 0.205. The summed E-state index contributed by atoms with van der Waals surface area (Å²) in [5.74, 6) is 0.205. The van der Waals surface area contributed by atoms with Gasteiger partial charge in [-0.3, -0.25) is 4.79 Å². The second kappa shape index (κ2) is 8.68. The first-order valence-electron chi connectivity index (χ1n) is 9.60. The Morgan fingerprint density at radius 2 is 1.88 bits per heavy atom. The van der Waals surface area contributed by atoms with E-state index in [4.69, 9.17) is 0 Å². The third kappa shape index (κ3) is 5.19. The molecule has 3 rings (SSSR count). The predicted octanol–water partition coefficient (Wildman–Crippen LogP) is 1.80. The lowest BCUT2D eigenvalue weighted by atomic mass is 10.0. The van der Waals surface area contributed by atoms with Gasteiger partial charge in [-0.15, -0.1) is 0 Å². The Balaban J connectivity index is 1.35. The van der Waals surface area contributed by atoms with Gasteiger partial charge < -0.3 is 20.0 Å². The van der Waals surface area contributed by atoms with Crippen molar-refractivity contribution in [3.63, 3.8) is 0 Å². The molecule has 1 N–H and O–H groups in total. The topological polar surface area (TPSA) is 38.8 Å². The normalized spacial score (nSPS) is 22.5. The number of carbonyl (C=O) groups is 1. The van der Waals surface area contributed by atoms with Crippen molar-refractivity contribution < 1.29 is 4.79 Å². The van der Waals surface area contributed by atoms with Crippen LogP contribution in [0.1, 0.15) is 25.7 Å². The number of nitrogens with one attached hydrogen (secondary N) is 1. The maximum atomic E-state index is 12.3. The van der Waals surface area contributed by atoms with Crippen LogP contribution in [-0.2, 0) is 4.79 Å². The number of carbonyl (C=O) groups excluding carboxylic acids is 1. The number of hydrogen-bond donors (Lipinski definition) is 1. The largest absolute Gasteiger partial charge is 0.371 e. The van der Waals surface area contributed by atoms with Crippen LogP contribution >= 0.6 is 0 Å². The Bertz CT molecular complexity index is 542. The van der Waals surface area contributed by atoms with Gasteiger partial charge in [0.15, 0.2) is 0 Å². The predicted molar refractivity (Wildman–Crippen MR) is 103 cm³/mol. The summed E-state index contributed by atoms with van der Waals surface area (Å²) >= 11 is 0. The number of piperidine rings is 1. The average molecular weight is 345 g/mol. The molecule has 5 heteroatoms. The van der Waals surface area contributed by atoms with E-state index < -0.39 is 0 Å². The zero-order valence-electron chi connectivity index (χ0n) is 15.7. The van der Waals surface area contributed by atoms with Crippen molar-refractivity contribution in [1.29, 1.82) is 0 Å². The number of hydrogen-bond acceptors (Lipinski definition) is 4. The van der Waals surface area contributed by atoms with Crippen LogP contribution in [0.5, 0.6) is 0 Å². The molecule has 2 aliphatic rings. The molecule has 0 saturated carbocycles. The van der Waals surface area contributed by atoms with Crippen molar-refractivity contribution >= 4 is 11.6 Å². The number of benzene rings is 1. The van der Waals surface area contributed by atoms with Gasteiger partial charge in [-0.1, -0.05) is 18.2 Å². The maximum absolute atomic E-state index is 12.3. The van der Waals surface area contributed by atoms with E-state index >= 15 is 0 Å². The first-order valence-corrected chi connectivity index (χ1v) is 9.60. The van der Waals surface area contributed by atoms with Crippen molar-refractivity contribution in [2.45, 2.75) is 37.8 Å². The van der Waals surface area contributed by atoms with Crippen LogP contribution in [0.3, 0.4) is 0 Å². The molecule has 1 amide bonds. The van der Waals surface area contributed by atoms with Gasteiger partial charge in [-0.05, 0) is 52.0 Å². The summed E-state index contributed by atoms with van der Waals surface area (Å²) in [5.41, 5.74) is 1.29. The van der Waals surface area contributed by atoms with Crippen LogP contribution in [0, 0.1) is 0 Å². The summed E-state index contributed by atoms with van der Waals surface area (Å²) in [5, 5.41) is 3.24. The van der Waals surface area contributed by atoms with Gasteiger partial charge in [0.2, 0.25) is 5.91 Å². The fraction of sp³-hybridized carbons (Fsp3) is 0.650. The minimum Gasteiger partial charge on any atom is -0.371 e. The number of likely N-dealkylation sites (N-methyl/N-ethyl adjacent to an activating group) is 2. The quantitative estimate of drug-likeness (QED) is 0.854. The second-order valence-electron chi connectivity index (χ2n) is 7.60. The number of para-hydroxylation sites is 1. The second-order valence-corrected chi connectivity index (χ2v) is 7.60. The van der Waals surface area contributed by atoms with E-state index in [0.717, 1.165) is 39.0 Å². The van der Waals surface area contributed by atoms with Crippen molar-refractivity contribution in [2.75, 3.05) is 51.7 Å². The van der Waals surface area contributed by atoms with Crippen LogP contribution in [0.4, 0.5) is 5.69 Å². The van der Waals surface area contributed by atoms with Gasteiger partial charge >= 0.3 is 0 Å². The Morgan fingerprint density at radius 1 is 1.16 bits per heavy atom. The van der Waals surface area contributed by atoms with E-state index in [2.05, 4.69) is 64.4 Å². The van der Waals surface area contributed by atoms with E-state index in [9.17, 15) is 4.79 Å². The molecule has 2 fully saturated rings. The van der Waals surface area contributed by atoms with Crippen LogP contribution in [0.2, 0.25) is 0 Å². The SMILES string of the molecule is CN1CCC(N(C)CCC(=O)NC2CCN(c3ccccc3)CC2)C1. The zero-order valence-corrected chi connectivity index (χ0v) is 15.7. The lowest BCUT2D eigenvalue weighted by Crippen LogP contribution is -2.45. The van der Waals surface area contributed by atoms with Crippen molar-refractivity contribution in [2.24, 2.45) is 0 Å². The van der Waals surface area contributed by atoms with Gasteiger partial charge in [0.05, 0.1) is 0 Å². The fourth-order valence-electron chi connectivity index (χ4n) is 3.95. The molecule has 138 valence electrons. The molecule has 2 aliphatic heterocycles. The molecular formula is C20H32N4O. The molecule has 25 heavy (non-hydrogen) atoms. The van der Waals surface area contributed by atoms with Gasteiger partial charge in [-0.2, -0.15) is 0 Å². The molecule has 5 nitrogen and oxygen atoms in total. The molecule has 0 aromatic heterocycles. The monoisotopic (exact) mass is 344 g/mol. The van der Waals surface area contributed by atoms with Gasteiger partial charge in [0.1, 0.15) is 0 Å². The van der Waals surface area contributed by atoms with E-state index in [-0.39, 0.29) is 5.91 Å². The molecule has 2 heterocycles. The smallest absolute Gasteiger partial charge is 0.221 e. The molecule has 0 radical (unpaired) electrons. The first-order chi connectivity index (χ1) is 12.1.